The summed E-state index contributed by atoms with van der Waals surface area (Å²) in [6.07, 6.45) is 5.64. The van der Waals surface area contributed by atoms with Crippen molar-refractivity contribution in [3.63, 3.8) is 0 Å². The number of amides is 2. The van der Waals surface area contributed by atoms with Gasteiger partial charge in [-0.1, -0.05) is 17.7 Å². The highest BCUT2D eigenvalue weighted by atomic mass is 35.5. The van der Waals surface area contributed by atoms with E-state index in [1.165, 1.54) is 40.2 Å². The SMILES string of the molecule is O=C(CN1CCC(c2ccc(F)cc2Cl)C1=O)N1C=C2CC=C(F)C=C2C1. The van der Waals surface area contributed by atoms with Crippen LogP contribution in [0.4, 0.5) is 8.78 Å². The Morgan fingerprint density at radius 2 is 2.07 bits per heavy atom. The zero-order valence-electron chi connectivity index (χ0n) is 14.4. The van der Waals surface area contributed by atoms with Crippen LogP contribution in [0.3, 0.4) is 0 Å². The molecule has 4 rings (SSSR count). The fraction of sp³-hybridized carbons (Fsp3) is 0.300. The number of carbonyl (C=O) groups is 2. The van der Waals surface area contributed by atoms with Crippen LogP contribution in [0.5, 0.6) is 0 Å². The van der Waals surface area contributed by atoms with Gasteiger partial charge < -0.3 is 9.80 Å². The van der Waals surface area contributed by atoms with Crippen LogP contribution >= 0.6 is 11.6 Å². The number of halogens is 3. The minimum absolute atomic E-state index is 0.0406. The first-order chi connectivity index (χ1) is 12.9. The molecule has 3 aliphatic rings. The molecule has 0 radical (unpaired) electrons. The molecule has 0 bridgehead atoms. The number of hydrogen-bond acceptors (Lipinski definition) is 2. The van der Waals surface area contributed by atoms with Crippen LogP contribution in [0, 0.1) is 5.82 Å². The van der Waals surface area contributed by atoms with Crippen LogP contribution in [0.2, 0.25) is 5.02 Å². The second kappa shape index (κ2) is 6.93. The van der Waals surface area contributed by atoms with Gasteiger partial charge in [0.1, 0.15) is 18.2 Å². The predicted octanol–water partition coefficient (Wildman–Crippen LogP) is 3.70. The maximum absolute atomic E-state index is 13.4. The molecular formula is C20H17ClF2N2O2. The number of likely N-dealkylation sites (tertiary alicyclic amines) is 1. The molecule has 27 heavy (non-hydrogen) atoms. The van der Waals surface area contributed by atoms with Gasteiger partial charge in [-0.25, -0.2) is 8.78 Å². The van der Waals surface area contributed by atoms with Gasteiger partial charge in [-0.15, -0.1) is 0 Å². The Labute approximate surface area is 160 Å². The van der Waals surface area contributed by atoms with E-state index >= 15 is 0 Å². The van der Waals surface area contributed by atoms with E-state index in [-0.39, 0.29) is 29.2 Å². The standard InChI is InChI=1S/C20H17ClF2N2O2/c21-18-8-15(23)3-4-16(18)17-5-6-24(20(17)27)11-19(26)25-9-12-1-2-14(22)7-13(12)10-25/h2-4,7-9,17H,1,5-6,10-11H2. The minimum Gasteiger partial charge on any atom is -0.333 e. The molecule has 0 N–H and O–H groups in total. The third-order valence-electron chi connectivity index (χ3n) is 5.18. The largest absolute Gasteiger partial charge is 0.333 e. The molecule has 2 heterocycles. The van der Waals surface area contributed by atoms with E-state index in [4.69, 9.17) is 11.6 Å². The van der Waals surface area contributed by atoms with Gasteiger partial charge in [-0.2, -0.15) is 0 Å². The van der Waals surface area contributed by atoms with Gasteiger partial charge in [-0.05, 0) is 53.8 Å². The molecule has 0 spiro atoms. The average Bonchev–Trinajstić information content (AvgIpc) is 3.19. The van der Waals surface area contributed by atoms with Crippen LogP contribution in [-0.2, 0) is 9.59 Å². The van der Waals surface area contributed by atoms with Crippen molar-refractivity contribution in [1.29, 1.82) is 0 Å². The van der Waals surface area contributed by atoms with Gasteiger partial charge in [-0.3, -0.25) is 9.59 Å². The van der Waals surface area contributed by atoms with E-state index in [0.29, 0.717) is 31.5 Å². The summed E-state index contributed by atoms with van der Waals surface area (Å²) in [5.74, 6) is -1.60. The Morgan fingerprint density at radius 1 is 1.26 bits per heavy atom. The molecule has 0 saturated carbocycles. The van der Waals surface area contributed by atoms with Crippen molar-refractivity contribution < 1.29 is 18.4 Å². The quantitative estimate of drug-likeness (QED) is 0.789. The molecule has 1 atom stereocenters. The van der Waals surface area contributed by atoms with E-state index in [0.717, 1.165) is 11.1 Å². The van der Waals surface area contributed by atoms with E-state index < -0.39 is 11.7 Å². The number of allylic oxidation sites excluding steroid dienone is 3. The normalized spacial score (nSPS) is 21.8. The monoisotopic (exact) mass is 390 g/mol. The Morgan fingerprint density at radius 3 is 2.85 bits per heavy atom. The number of fused-ring (bicyclic) bond motifs is 1. The Bertz CT molecular complexity index is 923. The minimum atomic E-state index is -0.466. The fourth-order valence-electron chi connectivity index (χ4n) is 3.74. The Balaban J connectivity index is 1.42. The molecule has 7 heteroatoms. The molecule has 1 unspecified atom stereocenters. The maximum atomic E-state index is 13.4. The maximum Gasteiger partial charge on any atom is 0.246 e. The molecule has 1 fully saturated rings. The lowest BCUT2D eigenvalue weighted by atomic mass is 9.98. The summed E-state index contributed by atoms with van der Waals surface area (Å²) in [5.41, 5.74) is 2.31. The third-order valence-corrected chi connectivity index (χ3v) is 5.50. The molecule has 140 valence electrons. The first-order valence-corrected chi connectivity index (χ1v) is 9.10. The molecule has 0 aromatic heterocycles. The van der Waals surface area contributed by atoms with E-state index in [1.807, 2.05) is 0 Å². The predicted molar refractivity (Wildman–Crippen MR) is 97.0 cm³/mol. The highest BCUT2D eigenvalue weighted by Gasteiger charge is 2.36. The van der Waals surface area contributed by atoms with Crippen molar-refractivity contribution in [2.75, 3.05) is 19.6 Å². The lowest BCUT2D eigenvalue weighted by Crippen LogP contribution is -2.38. The first-order valence-electron chi connectivity index (χ1n) is 8.73. The van der Waals surface area contributed by atoms with Crippen molar-refractivity contribution in [3.05, 3.63) is 69.9 Å². The van der Waals surface area contributed by atoms with Gasteiger partial charge in [0.25, 0.3) is 0 Å². The molecule has 2 aliphatic heterocycles. The van der Waals surface area contributed by atoms with Crippen LogP contribution in [-0.4, -0.2) is 41.2 Å². The highest BCUT2D eigenvalue weighted by molar-refractivity contribution is 6.31. The van der Waals surface area contributed by atoms with Gasteiger partial charge in [0, 0.05) is 17.8 Å². The second-order valence-electron chi connectivity index (χ2n) is 6.91. The summed E-state index contributed by atoms with van der Waals surface area (Å²) in [7, 11) is 0. The van der Waals surface area contributed by atoms with Crippen molar-refractivity contribution in [2.24, 2.45) is 0 Å². The summed E-state index contributed by atoms with van der Waals surface area (Å²) >= 11 is 6.08. The van der Waals surface area contributed by atoms with Gasteiger partial charge in [0.2, 0.25) is 11.8 Å². The van der Waals surface area contributed by atoms with Crippen LogP contribution in [0.15, 0.2) is 53.5 Å². The number of hydrogen-bond donors (Lipinski definition) is 0. The second-order valence-corrected chi connectivity index (χ2v) is 7.31. The topological polar surface area (TPSA) is 40.6 Å². The van der Waals surface area contributed by atoms with Gasteiger partial charge in [0.15, 0.2) is 0 Å². The molecule has 2 amide bonds. The summed E-state index contributed by atoms with van der Waals surface area (Å²) in [5, 5.41) is 0.219. The molecule has 1 aliphatic carbocycles. The average molecular weight is 391 g/mol. The van der Waals surface area contributed by atoms with Crippen molar-refractivity contribution in [2.45, 2.75) is 18.8 Å². The van der Waals surface area contributed by atoms with Gasteiger partial charge >= 0.3 is 0 Å². The molecule has 1 aromatic rings. The number of carbonyl (C=O) groups excluding carboxylic acids is 2. The van der Waals surface area contributed by atoms with Gasteiger partial charge in [0.05, 0.1) is 12.5 Å². The van der Waals surface area contributed by atoms with Crippen molar-refractivity contribution in [3.8, 4) is 0 Å². The first kappa shape index (κ1) is 17.9. The third kappa shape index (κ3) is 3.41. The Hall–Kier alpha value is -2.47. The summed E-state index contributed by atoms with van der Waals surface area (Å²) in [6, 6.07) is 3.99. The number of benzene rings is 1. The number of rotatable bonds is 3. The molecular weight excluding hydrogens is 374 g/mol. The van der Waals surface area contributed by atoms with E-state index in [1.54, 1.807) is 6.20 Å². The fourth-order valence-corrected chi connectivity index (χ4v) is 4.04. The zero-order valence-corrected chi connectivity index (χ0v) is 15.2. The highest BCUT2D eigenvalue weighted by Crippen LogP contribution is 2.34. The van der Waals surface area contributed by atoms with E-state index in [9.17, 15) is 18.4 Å². The lowest BCUT2D eigenvalue weighted by molar-refractivity contribution is -0.137. The molecule has 4 nitrogen and oxygen atoms in total. The molecule has 1 saturated heterocycles. The smallest absolute Gasteiger partial charge is 0.246 e. The van der Waals surface area contributed by atoms with Crippen molar-refractivity contribution >= 4 is 23.4 Å². The zero-order chi connectivity index (χ0) is 19.1. The van der Waals surface area contributed by atoms with Crippen LogP contribution in [0.25, 0.3) is 0 Å². The summed E-state index contributed by atoms with van der Waals surface area (Å²) < 4.78 is 26.6. The van der Waals surface area contributed by atoms with Crippen LogP contribution < -0.4 is 0 Å². The van der Waals surface area contributed by atoms with Crippen LogP contribution in [0.1, 0.15) is 24.3 Å². The van der Waals surface area contributed by atoms with E-state index in [2.05, 4.69) is 0 Å². The summed E-state index contributed by atoms with van der Waals surface area (Å²) in [4.78, 5) is 28.3. The molecule has 1 aromatic carbocycles. The Kier molecular flexibility index (Phi) is 4.60. The lowest BCUT2D eigenvalue weighted by Gasteiger charge is -2.20. The number of nitrogens with zero attached hydrogens (tertiary/aromatic N) is 2. The summed E-state index contributed by atoms with van der Waals surface area (Å²) in [6.45, 7) is 0.720. The van der Waals surface area contributed by atoms with Crippen molar-refractivity contribution in [1.82, 2.24) is 9.80 Å².